The Labute approximate surface area is 120 Å². The molecule has 0 fully saturated rings. The highest BCUT2D eigenvalue weighted by Gasteiger charge is 2.28. The number of hydrogen-bond donors (Lipinski definition) is 2. The first-order valence-corrected chi connectivity index (χ1v) is 7.73. The number of sulfonamides is 1. The lowest BCUT2D eigenvalue weighted by Gasteiger charge is -2.23. The van der Waals surface area contributed by atoms with Crippen LogP contribution in [0.4, 0.5) is 0 Å². The maximum absolute atomic E-state index is 12.5. The third-order valence-corrected chi connectivity index (χ3v) is 4.87. The third-order valence-electron chi connectivity index (χ3n) is 2.82. The predicted octanol–water partition coefficient (Wildman–Crippen LogP) is 2.39. The summed E-state index contributed by atoms with van der Waals surface area (Å²) in [5.74, 6) is -1.12. The zero-order valence-electron chi connectivity index (χ0n) is 12.7. The number of carboxylic acid groups (broad SMARTS) is 1. The molecule has 0 aromatic heterocycles. The normalized spacial score (nSPS) is 12.5. The van der Waals surface area contributed by atoms with Crippen molar-refractivity contribution in [2.45, 2.75) is 52.0 Å². The quantitative estimate of drug-likeness (QED) is 0.897. The molecule has 0 radical (unpaired) electrons. The Bertz CT molecular complexity index is 655. The van der Waals surface area contributed by atoms with Gasteiger partial charge in [-0.3, -0.25) is 0 Å². The van der Waals surface area contributed by atoms with Crippen molar-refractivity contribution in [1.82, 2.24) is 4.72 Å². The second kappa shape index (κ2) is 5.18. The van der Waals surface area contributed by atoms with Crippen LogP contribution in [-0.4, -0.2) is 25.0 Å². The largest absolute Gasteiger partial charge is 0.478 e. The number of carboxylic acids is 1. The summed E-state index contributed by atoms with van der Waals surface area (Å²) in [5.41, 5.74) is 0.784. The molecule has 2 N–H and O–H groups in total. The van der Waals surface area contributed by atoms with Crippen molar-refractivity contribution in [2.24, 2.45) is 0 Å². The van der Waals surface area contributed by atoms with Crippen LogP contribution in [0.15, 0.2) is 11.0 Å². The molecule has 0 unspecified atom stereocenters. The molecule has 0 bridgehead atoms. The van der Waals surface area contributed by atoms with Crippen LogP contribution in [0.25, 0.3) is 0 Å². The maximum Gasteiger partial charge on any atom is 0.336 e. The minimum atomic E-state index is -3.77. The van der Waals surface area contributed by atoms with Crippen LogP contribution in [-0.2, 0) is 10.0 Å². The Kier molecular flexibility index (Phi) is 4.31. The van der Waals surface area contributed by atoms with Crippen molar-refractivity contribution in [3.63, 3.8) is 0 Å². The van der Waals surface area contributed by atoms with E-state index in [1.54, 1.807) is 40.7 Å². The maximum atomic E-state index is 12.5. The smallest absolute Gasteiger partial charge is 0.336 e. The van der Waals surface area contributed by atoms with Gasteiger partial charge in [-0.25, -0.2) is 17.9 Å². The van der Waals surface area contributed by atoms with Gasteiger partial charge in [0.2, 0.25) is 10.0 Å². The fourth-order valence-electron chi connectivity index (χ4n) is 2.36. The van der Waals surface area contributed by atoms with Gasteiger partial charge in [-0.05, 0) is 58.2 Å². The first-order valence-electron chi connectivity index (χ1n) is 6.25. The summed E-state index contributed by atoms with van der Waals surface area (Å²) < 4.78 is 27.5. The average molecular weight is 299 g/mol. The van der Waals surface area contributed by atoms with E-state index < -0.39 is 21.5 Å². The SMILES string of the molecule is Cc1cc(C)c(S(=O)(=O)NC(C)(C)C)c(C)c1C(=O)O. The highest BCUT2D eigenvalue weighted by Crippen LogP contribution is 2.27. The monoisotopic (exact) mass is 299 g/mol. The van der Waals surface area contributed by atoms with E-state index in [1.807, 2.05) is 0 Å². The summed E-state index contributed by atoms with van der Waals surface area (Å²) >= 11 is 0. The van der Waals surface area contributed by atoms with Crippen molar-refractivity contribution in [1.29, 1.82) is 0 Å². The zero-order valence-corrected chi connectivity index (χ0v) is 13.5. The lowest BCUT2D eigenvalue weighted by Crippen LogP contribution is -2.41. The number of benzene rings is 1. The average Bonchev–Trinajstić information content (AvgIpc) is 2.09. The second-order valence-electron chi connectivity index (χ2n) is 6.00. The van der Waals surface area contributed by atoms with Gasteiger partial charge >= 0.3 is 5.97 Å². The molecule has 0 aliphatic heterocycles. The van der Waals surface area contributed by atoms with Gasteiger partial charge in [0, 0.05) is 5.54 Å². The molecule has 0 atom stereocenters. The number of carbonyl (C=O) groups is 1. The fourth-order valence-corrected chi connectivity index (χ4v) is 4.26. The van der Waals surface area contributed by atoms with E-state index >= 15 is 0 Å². The molecule has 5 nitrogen and oxygen atoms in total. The first-order chi connectivity index (χ1) is 8.87. The van der Waals surface area contributed by atoms with Crippen LogP contribution in [0.5, 0.6) is 0 Å². The summed E-state index contributed by atoms with van der Waals surface area (Å²) in [6.45, 7) is 10.1. The minimum Gasteiger partial charge on any atom is -0.478 e. The summed E-state index contributed by atoms with van der Waals surface area (Å²) in [4.78, 5) is 11.4. The third kappa shape index (κ3) is 3.37. The standard InChI is InChI=1S/C14H21NO4S/c1-8-7-9(2)12(10(3)11(8)13(16)17)20(18,19)15-14(4,5)6/h7,15H,1-6H3,(H,16,17). The first kappa shape index (κ1) is 16.7. The van der Waals surface area contributed by atoms with Crippen molar-refractivity contribution in [3.05, 3.63) is 28.3 Å². The van der Waals surface area contributed by atoms with E-state index in [0.717, 1.165) is 0 Å². The second-order valence-corrected chi connectivity index (χ2v) is 7.62. The molecule has 0 amide bonds. The molecule has 0 saturated carbocycles. The molecule has 0 aliphatic carbocycles. The Hall–Kier alpha value is -1.40. The Morgan fingerprint density at radius 1 is 1.15 bits per heavy atom. The number of nitrogens with one attached hydrogen (secondary N) is 1. The van der Waals surface area contributed by atoms with Crippen molar-refractivity contribution in [2.75, 3.05) is 0 Å². The lowest BCUT2D eigenvalue weighted by molar-refractivity contribution is 0.0695. The van der Waals surface area contributed by atoms with Crippen molar-refractivity contribution >= 4 is 16.0 Å². The molecular formula is C14H21NO4S. The molecule has 0 spiro atoms. The highest BCUT2D eigenvalue weighted by molar-refractivity contribution is 7.89. The summed E-state index contributed by atoms with van der Waals surface area (Å²) in [6, 6.07) is 1.59. The van der Waals surface area contributed by atoms with E-state index in [9.17, 15) is 18.3 Å². The van der Waals surface area contributed by atoms with E-state index in [-0.39, 0.29) is 16.0 Å². The number of hydrogen-bond acceptors (Lipinski definition) is 3. The van der Waals surface area contributed by atoms with Gasteiger partial charge in [0.15, 0.2) is 0 Å². The lowest BCUT2D eigenvalue weighted by atomic mass is 10.00. The molecule has 6 heteroatoms. The van der Waals surface area contributed by atoms with Crippen LogP contribution in [0.1, 0.15) is 47.8 Å². The minimum absolute atomic E-state index is 0.0462. The van der Waals surface area contributed by atoms with Gasteiger partial charge < -0.3 is 5.11 Å². The molecular weight excluding hydrogens is 278 g/mol. The molecule has 1 rings (SSSR count). The molecule has 1 aromatic rings. The van der Waals surface area contributed by atoms with E-state index in [4.69, 9.17) is 0 Å². The predicted molar refractivity (Wildman–Crippen MR) is 77.7 cm³/mol. The van der Waals surface area contributed by atoms with Gasteiger partial charge in [-0.2, -0.15) is 0 Å². The highest BCUT2D eigenvalue weighted by atomic mass is 32.2. The summed E-state index contributed by atoms with van der Waals surface area (Å²) in [7, 11) is -3.77. The van der Waals surface area contributed by atoms with Crippen LogP contribution >= 0.6 is 0 Å². The molecule has 1 aromatic carbocycles. The Balaban J connectivity index is 3.62. The van der Waals surface area contributed by atoms with Crippen molar-refractivity contribution < 1.29 is 18.3 Å². The van der Waals surface area contributed by atoms with E-state index in [1.165, 1.54) is 6.92 Å². The van der Waals surface area contributed by atoms with Crippen LogP contribution < -0.4 is 4.72 Å². The van der Waals surface area contributed by atoms with Crippen LogP contribution in [0.2, 0.25) is 0 Å². The summed E-state index contributed by atoms with van der Waals surface area (Å²) in [5, 5.41) is 9.24. The topological polar surface area (TPSA) is 83.5 Å². The Morgan fingerprint density at radius 3 is 2.05 bits per heavy atom. The molecule has 20 heavy (non-hydrogen) atoms. The van der Waals surface area contributed by atoms with Gasteiger partial charge in [-0.15, -0.1) is 0 Å². The van der Waals surface area contributed by atoms with Crippen LogP contribution in [0, 0.1) is 20.8 Å². The summed E-state index contributed by atoms with van der Waals surface area (Å²) in [6.07, 6.45) is 0. The Morgan fingerprint density at radius 2 is 1.65 bits per heavy atom. The van der Waals surface area contributed by atoms with Gasteiger partial charge in [-0.1, -0.05) is 6.07 Å². The molecule has 0 heterocycles. The zero-order chi connectivity index (χ0) is 15.9. The number of aryl methyl sites for hydroxylation is 2. The number of rotatable bonds is 3. The molecule has 0 aliphatic rings. The van der Waals surface area contributed by atoms with E-state index in [0.29, 0.717) is 11.1 Å². The molecule has 0 saturated heterocycles. The van der Waals surface area contributed by atoms with Gasteiger partial charge in [0.1, 0.15) is 0 Å². The van der Waals surface area contributed by atoms with Gasteiger partial charge in [0.25, 0.3) is 0 Å². The van der Waals surface area contributed by atoms with E-state index in [2.05, 4.69) is 4.72 Å². The van der Waals surface area contributed by atoms with Gasteiger partial charge in [0.05, 0.1) is 10.5 Å². The fraction of sp³-hybridized carbons (Fsp3) is 0.500. The number of aromatic carboxylic acids is 1. The van der Waals surface area contributed by atoms with Crippen molar-refractivity contribution in [3.8, 4) is 0 Å². The molecule has 112 valence electrons. The van der Waals surface area contributed by atoms with Crippen LogP contribution in [0.3, 0.4) is 0 Å².